The van der Waals surface area contributed by atoms with Gasteiger partial charge in [0.1, 0.15) is 5.60 Å². The van der Waals surface area contributed by atoms with Gasteiger partial charge in [-0.3, -0.25) is 9.69 Å². The van der Waals surface area contributed by atoms with Crippen molar-refractivity contribution in [3.8, 4) is 0 Å². The number of piperazine rings is 1. The lowest BCUT2D eigenvalue weighted by molar-refractivity contribution is -0.126. The molecule has 2 saturated heterocycles. The number of rotatable bonds is 5. The number of para-hydroxylation sites is 1. The minimum atomic E-state index is -0.488. The molecule has 0 aliphatic carbocycles. The quantitative estimate of drug-likeness (QED) is 0.799. The summed E-state index contributed by atoms with van der Waals surface area (Å²) in [5.41, 5.74) is 0.793. The van der Waals surface area contributed by atoms with Gasteiger partial charge in [0.25, 0.3) is 0 Å². The number of nitrogens with one attached hydrogen (secondary N) is 1. The molecule has 0 spiro atoms. The van der Waals surface area contributed by atoms with Crippen LogP contribution in [0.25, 0.3) is 0 Å². The van der Waals surface area contributed by atoms with Crippen LogP contribution >= 0.6 is 0 Å². The fourth-order valence-corrected chi connectivity index (χ4v) is 4.00. The molecule has 0 bridgehead atoms. The number of likely N-dealkylation sites (tertiary alicyclic amines) is 1. The van der Waals surface area contributed by atoms with E-state index in [9.17, 15) is 9.59 Å². The monoisotopic (exact) mass is 416 g/mol. The van der Waals surface area contributed by atoms with Crippen molar-refractivity contribution < 1.29 is 14.3 Å². The molecule has 7 heteroatoms. The highest BCUT2D eigenvalue weighted by Crippen LogP contribution is 2.20. The Morgan fingerprint density at radius 3 is 2.23 bits per heavy atom. The van der Waals surface area contributed by atoms with Crippen LogP contribution in [0.2, 0.25) is 0 Å². The maximum Gasteiger partial charge on any atom is 0.410 e. The SMILES string of the molecule is CC(C)(C)OC(=O)N1CCC(C(=O)NCCN2CCN(c3ccccc3)CC2)CC1. The van der Waals surface area contributed by atoms with E-state index in [4.69, 9.17) is 4.74 Å². The number of anilines is 1. The lowest BCUT2D eigenvalue weighted by Gasteiger charge is -2.36. The van der Waals surface area contributed by atoms with Crippen LogP contribution in [-0.2, 0) is 9.53 Å². The molecule has 166 valence electrons. The molecule has 0 aromatic heterocycles. The number of nitrogens with zero attached hydrogens (tertiary/aromatic N) is 3. The molecule has 0 saturated carbocycles. The number of amides is 2. The average molecular weight is 417 g/mol. The predicted octanol–water partition coefficient (Wildman–Crippen LogP) is 2.57. The van der Waals surface area contributed by atoms with Gasteiger partial charge in [0.05, 0.1) is 0 Å². The van der Waals surface area contributed by atoms with E-state index < -0.39 is 5.60 Å². The number of ether oxygens (including phenoxy) is 1. The van der Waals surface area contributed by atoms with E-state index in [1.54, 1.807) is 4.90 Å². The van der Waals surface area contributed by atoms with Crippen LogP contribution in [0.15, 0.2) is 30.3 Å². The summed E-state index contributed by atoms with van der Waals surface area (Å²) < 4.78 is 5.42. The first-order chi connectivity index (χ1) is 14.3. The van der Waals surface area contributed by atoms with Gasteiger partial charge in [-0.2, -0.15) is 0 Å². The Bertz CT molecular complexity index is 688. The van der Waals surface area contributed by atoms with Gasteiger partial charge in [0.2, 0.25) is 5.91 Å². The smallest absolute Gasteiger partial charge is 0.410 e. The van der Waals surface area contributed by atoms with Crippen LogP contribution in [0.4, 0.5) is 10.5 Å². The largest absolute Gasteiger partial charge is 0.444 e. The highest BCUT2D eigenvalue weighted by molar-refractivity contribution is 5.79. The van der Waals surface area contributed by atoms with Crippen LogP contribution in [0.5, 0.6) is 0 Å². The Labute approximate surface area is 180 Å². The number of carbonyl (C=O) groups is 2. The van der Waals surface area contributed by atoms with E-state index >= 15 is 0 Å². The van der Waals surface area contributed by atoms with Crippen molar-refractivity contribution in [1.29, 1.82) is 0 Å². The Hall–Kier alpha value is -2.28. The molecule has 1 aromatic carbocycles. The molecular weight excluding hydrogens is 380 g/mol. The Kier molecular flexibility index (Phi) is 7.58. The van der Waals surface area contributed by atoms with Crippen molar-refractivity contribution in [2.75, 3.05) is 57.3 Å². The molecule has 0 atom stereocenters. The Morgan fingerprint density at radius 1 is 1.00 bits per heavy atom. The van der Waals surface area contributed by atoms with E-state index in [0.29, 0.717) is 32.5 Å². The minimum absolute atomic E-state index is 0.0152. The number of piperidine rings is 1. The molecule has 2 fully saturated rings. The lowest BCUT2D eigenvalue weighted by Crippen LogP contribution is -2.49. The molecule has 1 aromatic rings. The van der Waals surface area contributed by atoms with Crippen molar-refractivity contribution in [2.24, 2.45) is 5.92 Å². The van der Waals surface area contributed by atoms with E-state index in [1.807, 2.05) is 26.8 Å². The van der Waals surface area contributed by atoms with Crippen molar-refractivity contribution in [3.05, 3.63) is 30.3 Å². The number of carbonyl (C=O) groups excluding carboxylic acids is 2. The topological polar surface area (TPSA) is 65.1 Å². The molecular formula is C23H36N4O3. The third-order valence-corrected chi connectivity index (χ3v) is 5.74. The zero-order valence-corrected chi connectivity index (χ0v) is 18.6. The van der Waals surface area contributed by atoms with Gasteiger partial charge in [-0.25, -0.2) is 4.79 Å². The second kappa shape index (κ2) is 10.2. The van der Waals surface area contributed by atoms with Crippen molar-refractivity contribution >= 4 is 17.7 Å². The summed E-state index contributed by atoms with van der Waals surface area (Å²) in [6.45, 7) is 12.4. The molecule has 0 unspecified atom stereocenters. The van der Waals surface area contributed by atoms with Gasteiger partial charge in [-0.05, 0) is 45.7 Å². The summed E-state index contributed by atoms with van der Waals surface area (Å²) in [4.78, 5) is 31.2. The first kappa shape index (κ1) is 22.4. The summed E-state index contributed by atoms with van der Waals surface area (Å²) in [7, 11) is 0. The summed E-state index contributed by atoms with van der Waals surface area (Å²) in [6.07, 6.45) is 1.11. The maximum absolute atomic E-state index is 12.5. The zero-order valence-electron chi connectivity index (χ0n) is 18.6. The van der Waals surface area contributed by atoms with Gasteiger partial charge < -0.3 is 19.9 Å². The van der Waals surface area contributed by atoms with Gasteiger partial charge in [0, 0.05) is 64.0 Å². The first-order valence-electron chi connectivity index (χ1n) is 11.1. The summed E-state index contributed by atoms with van der Waals surface area (Å²) in [6, 6.07) is 10.5. The van der Waals surface area contributed by atoms with Gasteiger partial charge in [-0.15, -0.1) is 0 Å². The fourth-order valence-electron chi connectivity index (χ4n) is 4.00. The standard InChI is InChI=1S/C23H36N4O3/c1-23(2,3)30-22(29)27-12-9-19(10-13-27)21(28)24-11-14-25-15-17-26(18-16-25)20-7-5-4-6-8-20/h4-8,19H,9-18H2,1-3H3,(H,24,28). The minimum Gasteiger partial charge on any atom is -0.444 e. The summed E-state index contributed by atoms with van der Waals surface area (Å²) in [5.74, 6) is 0.0976. The molecule has 30 heavy (non-hydrogen) atoms. The Balaban J connectivity index is 1.31. The predicted molar refractivity (Wildman–Crippen MR) is 119 cm³/mol. The average Bonchev–Trinajstić information content (AvgIpc) is 2.74. The van der Waals surface area contributed by atoms with Crippen LogP contribution < -0.4 is 10.2 Å². The highest BCUT2D eigenvalue weighted by atomic mass is 16.6. The van der Waals surface area contributed by atoms with Gasteiger partial charge >= 0.3 is 6.09 Å². The van der Waals surface area contributed by atoms with E-state index in [1.165, 1.54) is 5.69 Å². The van der Waals surface area contributed by atoms with Crippen molar-refractivity contribution in [1.82, 2.24) is 15.1 Å². The van der Waals surface area contributed by atoms with Crippen LogP contribution in [0, 0.1) is 5.92 Å². The Morgan fingerprint density at radius 2 is 1.63 bits per heavy atom. The van der Waals surface area contributed by atoms with Gasteiger partial charge in [-0.1, -0.05) is 18.2 Å². The third kappa shape index (κ3) is 6.62. The lowest BCUT2D eigenvalue weighted by atomic mass is 9.96. The van der Waals surface area contributed by atoms with Crippen LogP contribution in [0.3, 0.4) is 0 Å². The second-order valence-electron chi connectivity index (χ2n) is 9.20. The molecule has 1 N–H and O–H groups in total. The van der Waals surface area contributed by atoms with E-state index in [2.05, 4.69) is 39.4 Å². The van der Waals surface area contributed by atoms with Crippen LogP contribution in [-0.4, -0.2) is 79.8 Å². The number of hydrogen-bond donors (Lipinski definition) is 1. The first-order valence-corrected chi connectivity index (χ1v) is 11.1. The fraction of sp³-hybridized carbons (Fsp3) is 0.652. The number of benzene rings is 1. The maximum atomic E-state index is 12.5. The number of hydrogen-bond acceptors (Lipinski definition) is 5. The summed E-state index contributed by atoms with van der Waals surface area (Å²) >= 11 is 0. The highest BCUT2D eigenvalue weighted by Gasteiger charge is 2.29. The van der Waals surface area contributed by atoms with E-state index in [-0.39, 0.29) is 17.9 Å². The molecule has 2 aliphatic heterocycles. The second-order valence-corrected chi connectivity index (χ2v) is 9.20. The molecule has 7 nitrogen and oxygen atoms in total. The normalized spacial score (nSPS) is 18.9. The van der Waals surface area contributed by atoms with Crippen LogP contribution in [0.1, 0.15) is 33.6 Å². The summed E-state index contributed by atoms with van der Waals surface area (Å²) in [5, 5.41) is 3.10. The van der Waals surface area contributed by atoms with Gasteiger partial charge in [0.15, 0.2) is 0 Å². The molecule has 2 amide bonds. The molecule has 2 heterocycles. The van der Waals surface area contributed by atoms with E-state index in [0.717, 1.165) is 32.7 Å². The van der Waals surface area contributed by atoms with Crippen molar-refractivity contribution in [2.45, 2.75) is 39.2 Å². The zero-order chi connectivity index (χ0) is 21.6. The molecule has 2 aliphatic rings. The molecule has 3 rings (SSSR count). The van der Waals surface area contributed by atoms with Crippen molar-refractivity contribution in [3.63, 3.8) is 0 Å². The third-order valence-electron chi connectivity index (χ3n) is 5.74. The molecule has 0 radical (unpaired) electrons.